The third-order valence-corrected chi connectivity index (χ3v) is 5.80. The highest BCUT2D eigenvalue weighted by molar-refractivity contribution is 6.00. The van der Waals surface area contributed by atoms with Crippen molar-refractivity contribution < 1.29 is 14.0 Å². The van der Waals surface area contributed by atoms with Crippen LogP contribution < -0.4 is 5.43 Å². The monoisotopic (exact) mass is 397 g/mol. The molecule has 4 heterocycles. The predicted octanol–water partition coefficient (Wildman–Crippen LogP) is 0.957. The van der Waals surface area contributed by atoms with E-state index in [9.17, 15) is 14.0 Å². The zero-order valence-corrected chi connectivity index (χ0v) is 15.9. The van der Waals surface area contributed by atoms with Crippen LogP contribution in [0.25, 0.3) is 10.9 Å². The van der Waals surface area contributed by atoms with Gasteiger partial charge in [-0.25, -0.2) is 14.4 Å². The molecule has 1 atom stereocenters. The van der Waals surface area contributed by atoms with Crippen LogP contribution >= 0.6 is 0 Å². The van der Waals surface area contributed by atoms with E-state index >= 15 is 0 Å². The van der Waals surface area contributed by atoms with Crippen LogP contribution in [0.3, 0.4) is 0 Å². The number of halogens is 1. The summed E-state index contributed by atoms with van der Waals surface area (Å²) < 4.78 is 15.2. The average molecular weight is 397 g/mol. The van der Waals surface area contributed by atoms with Gasteiger partial charge < -0.3 is 4.98 Å². The van der Waals surface area contributed by atoms with Gasteiger partial charge >= 0.3 is 0 Å². The van der Waals surface area contributed by atoms with Crippen molar-refractivity contribution in [2.75, 3.05) is 13.1 Å². The number of aryl methyl sites for hydroxylation is 1. The molecule has 5 rings (SSSR count). The molecular weight excluding hydrogens is 377 g/mol. The second-order valence-corrected chi connectivity index (χ2v) is 7.75. The Balaban J connectivity index is 1.40. The smallest absolute Gasteiger partial charge is 0.289 e. The fourth-order valence-electron chi connectivity index (χ4n) is 4.33. The zero-order chi connectivity index (χ0) is 20.2. The SMILES string of the molecule is Cn1ncnc1CN1CCC2(CC(=O)NN2C(=O)c2cc3cc(F)ccc3[nH]2)C1. The Bertz CT molecular complexity index is 1120. The van der Waals surface area contributed by atoms with Crippen molar-refractivity contribution in [3.05, 3.63) is 47.9 Å². The summed E-state index contributed by atoms with van der Waals surface area (Å²) in [5.41, 5.74) is 3.10. The van der Waals surface area contributed by atoms with Gasteiger partial charge in [0.1, 0.15) is 23.7 Å². The number of carbonyl (C=O) groups is 2. The van der Waals surface area contributed by atoms with Crippen molar-refractivity contribution in [1.82, 2.24) is 35.1 Å². The lowest BCUT2D eigenvalue weighted by Gasteiger charge is -2.32. The van der Waals surface area contributed by atoms with E-state index in [1.165, 1.54) is 23.5 Å². The van der Waals surface area contributed by atoms with Crippen LogP contribution in [0.2, 0.25) is 0 Å². The number of aromatic nitrogens is 4. The summed E-state index contributed by atoms with van der Waals surface area (Å²) in [4.78, 5) is 34.9. The lowest BCUT2D eigenvalue weighted by molar-refractivity contribution is -0.120. The molecule has 0 saturated carbocycles. The highest BCUT2D eigenvalue weighted by Gasteiger charge is 2.52. The number of rotatable bonds is 3. The summed E-state index contributed by atoms with van der Waals surface area (Å²) in [6.45, 7) is 1.89. The minimum absolute atomic E-state index is 0.180. The Kier molecular flexibility index (Phi) is 3.91. The number of amides is 2. The number of hydrogen-bond donors (Lipinski definition) is 2. The van der Waals surface area contributed by atoms with Crippen molar-refractivity contribution in [3.8, 4) is 0 Å². The van der Waals surface area contributed by atoms with Crippen LogP contribution in [-0.4, -0.2) is 60.1 Å². The number of hydrazine groups is 1. The van der Waals surface area contributed by atoms with E-state index in [1.807, 2.05) is 7.05 Å². The Labute approximate surface area is 165 Å². The second kappa shape index (κ2) is 6.38. The standard InChI is InChI=1S/C19H20FN7O2/c1-25-16(21-11-22-25)9-26-5-4-19(10-26)8-17(28)24-27(19)18(29)15-7-12-6-13(20)2-3-14(12)23-15/h2-3,6-7,11,23H,4-5,8-10H2,1H3,(H,24,28). The molecule has 0 bridgehead atoms. The fourth-order valence-corrected chi connectivity index (χ4v) is 4.33. The van der Waals surface area contributed by atoms with Crippen LogP contribution in [0.1, 0.15) is 29.2 Å². The quantitative estimate of drug-likeness (QED) is 0.686. The Morgan fingerprint density at radius 2 is 2.21 bits per heavy atom. The van der Waals surface area contributed by atoms with Gasteiger partial charge in [0.05, 0.1) is 18.5 Å². The maximum Gasteiger partial charge on any atom is 0.289 e. The number of nitrogens with zero attached hydrogens (tertiary/aromatic N) is 5. The molecule has 2 fully saturated rings. The summed E-state index contributed by atoms with van der Waals surface area (Å²) in [7, 11) is 1.84. The van der Waals surface area contributed by atoms with E-state index in [1.54, 1.807) is 16.8 Å². The number of aromatic amines is 1. The first-order chi connectivity index (χ1) is 13.9. The molecule has 1 unspecified atom stereocenters. The molecule has 2 amide bonds. The lowest BCUT2D eigenvalue weighted by atomic mass is 9.94. The van der Waals surface area contributed by atoms with Gasteiger partial charge in [-0.3, -0.25) is 24.6 Å². The Morgan fingerprint density at radius 3 is 3.00 bits per heavy atom. The number of fused-ring (bicyclic) bond motifs is 1. The molecule has 0 aliphatic carbocycles. The molecule has 150 valence electrons. The average Bonchev–Trinajstić information content (AvgIpc) is 3.44. The van der Waals surface area contributed by atoms with E-state index in [-0.39, 0.29) is 24.1 Å². The third kappa shape index (κ3) is 2.96. The van der Waals surface area contributed by atoms with Crippen LogP contribution in [-0.2, 0) is 18.4 Å². The van der Waals surface area contributed by atoms with Crippen LogP contribution in [0.5, 0.6) is 0 Å². The van der Waals surface area contributed by atoms with Crippen molar-refractivity contribution >= 4 is 22.7 Å². The molecule has 9 nitrogen and oxygen atoms in total. The number of carbonyl (C=O) groups excluding carboxylic acids is 2. The molecule has 1 aromatic carbocycles. The largest absolute Gasteiger partial charge is 0.350 e. The minimum Gasteiger partial charge on any atom is -0.350 e. The summed E-state index contributed by atoms with van der Waals surface area (Å²) in [5.74, 6) is -0.0412. The van der Waals surface area contributed by atoms with Gasteiger partial charge in [-0.05, 0) is 30.7 Å². The first-order valence-corrected chi connectivity index (χ1v) is 9.41. The molecule has 29 heavy (non-hydrogen) atoms. The first-order valence-electron chi connectivity index (χ1n) is 9.41. The van der Waals surface area contributed by atoms with Crippen molar-refractivity contribution in [1.29, 1.82) is 0 Å². The van der Waals surface area contributed by atoms with Crippen LogP contribution in [0.15, 0.2) is 30.6 Å². The fraction of sp³-hybridized carbons (Fsp3) is 0.368. The maximum atomic E-state index is 13.5. The van der Waals surface area contributed by atoms with Gasteiger partial charge in [0.2, 0.25) is 5.91 Å². The number of nitrogens with one attached hydrogen (secondary N) is 2. The maximum absolute atomic E-state index is 13.5. The van der Waals surface area contributed by atoms with Gasteiger partial charge in [-0.1, -0.05) is 0 Å². The normalized spacial score (nSPS) is 22.1. The number of H-pyrrole nitrogens is 1. The van der Waals surface area contributed by atoms with E-state index in [2.05, 4.69) is 25.4 Å². The van der Waals surface area contributed by atoms with Gasteiger partial charge in [0.25, 0.3) is 5.91 Å². The van der Waals surface area contributed by atoms with Crippen LogP contribution in [0, 0.1) is 5.82 Å². The van der Waals surface area contributed by atoms with Crippen molar-refractivity contribution in [2.24, 2.45) is 7.05 Å². The van der Waals surface area contributed by atoms with E-state index in [0.29, 0.717) is 36.1 Å². The molecule has 2 aliphatic heterocycles. The summed E-state index contributed by atoms with van der Waals surface area (Å²) in [6.07, 6.45) is 2.43. The lowest BCUT2D eigenvalue weighted by Crippen LogP contribution is -2.53. The second-order valence-electron chi connectivity index (χ2n) is 7.75. The molecule has 2 saturated heterocycles. The summed E-state index contributed by atoms with van der Waals surface area (Å²) in [6, 6.07) is 5.93. The topological polar surface area (TPSA) is 99.2 Å². The highest BCUT2D eigenvalue weighted by atomic mass is 19.1. The highest BCUT2D eigenvalue weighted by Crippen LogP contribution is 2.36. The Morgan fingerprint density at radius 1 is 1.34 bits per heavy atom. The van der Waals surface area contributed by atoms with Gasteiger partial charge in [-0.2, -0.15) is 5.10 Å². The number of hydrogen-bond acceptors (Lipinski definition) is 5. The summed E-state index contributed by atoms with van der Waals surface area (Å²) >= 11 is 0. The summed E-state index contributed by atoms with van der Waals surface area (Å²) in [5, 5.41) is 6.15. The predicted molar refractivity (Wildman–Crippen MR) is 101 cm³/mol. The minimum atomic E-state index is -0.616. The van der Waals surface area contributed by atoms with Crippen molar-refractivity contribution in [2.45, 2.75) is 24.9 Å². The van der Waals surface area contributed by atoms with Crippen molar-refractivity contribution in [3.63, 3.8) is 0 Å². The number of benzene rings is 1. The Hall–Kier alpha value is -3.27. The zero-order valence-electron chi connectivity index (χ0n) is 15.9. The molecule has 2 aliphatic rings. The molecule has 1 spiro atoms. The van der Waals surface area contributed by atoms with E-state index in [0.717, 1.165) is 12.4 Å². The molecular formula is C19H20FN7O2. The molecule has 0 radical (unpaired) electrons. The molecule has 2 N–H and O–H groups in total. The third-order valence-electron chi connectivity index (χ3n) is 5.80. The van der Waals surface area contributed by atoms with E-state index in [4.69, 9.17) is 0 Å². The number of likely N-dealkylation sites (tertiary alicyclic amines) is 1. The van der Waals surface area contributed by atoms with Gasteiger partial charge in [-0.15, -0.1) is 0 Å². The van der Waals surface area contributed by atoms with Gasteiger partial charge in [0.15, 0.2) is 0 Å². The van der Waals surface area contributed by atoms with Crippen LogP contribution in [0.4, 0.5) is 4.39 Å². The van der Waals surface area contributed by atoms with E-state index < -0.39 is 5.54 Å². The molecule has 3 aromatic rings. The first kappa shape index (κ1) is 17.8. The molecule has 2 aromatic heterocycles. The molecule has 10 heteroatoms. The van der Waals surface area contributed by atoms with Gasteiger partial charge in [0, 0.05) is 31.0 Å².